The second-order valence-corrected chi connectivity index (χ2v) is 7.72. The summed E-state index contributed by atoms with van der Waals surface area (Å²) in [6, 6.07) is 5.83. The van der Waals surface area contributed by atoms with Gasteiger partial charge in [-0.25, -0.2) is 4.79 Å². The van der Waals surface area contributed by atoms with Crippen LogP contribution in [-0.4, -0.2) is 54.3 Å². The molecule has 2 amide bonds. The van der Waals surface area contributed by atoms with Crippen LogP contribution >= 0.6 is 0 Å². The molecule has 2 aliphatic heterocycles. The number of fused-ring (bicyclic) bond motifs is 1. The summed E-state index contributed by atoms with van der Waals surface area (Å²) in [5.74, 6) is 1.52. The van der Waals surface area contributed by atoms with Crippen molar-refractivity contribution >= 4 is 6.03 Å². The molecule has 0 spiro atoms. The third kappa shape index (κ3) is 4.41. The molecule has 144 valence electrons. The molecule has 1 aromatic carbocycles. The maximum Gasteiger partial charge on any atom is 0.317 e. The predicted octanol–water partition coefficient (Wildman–Crippen LogP) is 3.21. The van der Waals surface area contributed by atoms with E-state index in [1.807, 2.05) is 30.0 Å². The third-order valence-electron chi connectivity index (χ3n) is 5.36. The molecule has 0 saturated carbocycles. The molecule has 0 unspecified atom stereocenters. The maximum atomic E-state index is 12.7. The number of rotatable bonds is 6. The van der Waals surface area contributed by atoms with Crippen molar-refractivity contribution in [2.24, 2.45) is 0 Å². The topological polar surface area (TPSA) is 54.0 Å². The van der Waals surface area contributed by atoms with E-state index in [0.717, 1.165) is 30.2 Å². The minimum Gasteiger partial charge on any atom is -0.454 e. The minimum atomic E-state index is -0.0196. The van der Waals surface area contributed by atoms with Gasteiger partial charge in [0.05, 0.1) is 0 Å². The lowest BCUT2D eigenvalue weighted by molar-refractivity contribution is 0.0938. The number of hydrogen-bond acceptors (Lipinski definition) is 4. The largest absolute Gasteiger partial charge is 0.454 e. The van der Waals surface area contributed by atoms with Crippen LogP contribution in [-0.2, 0) is 6.54 Å². The van der Waals surface area contributed by atoms with Gasteiger partial charge in [-0.3, -0.25) is 4.90 Å². The molecule has 1 N–H and O–H groups in total. The van der Waals surface area contributed by atoms with Crippen molar-refractivity contribution in [3.63, 3.8) is 0 Å². The molecule has 3 rings (SSSR count). The number of nitrogens with one attached hydrogen (secondary N) is 1. The van der Waals surface area contributed by atoms with Crippen LogP contribution in [0.4, 0.5) is 4.79 Å². The van der Waals surface area contributed by atoms with Crippen molar-refractivity contribution in [3.05, 3.63) is 23.8 Å². The van der Waals surface area contributed by atoms with Gasteiger partial charge in [0.1, 0.15) is 0 Å². The average Bonchev–Trinajstić information content (AvgIpc) is 3.12. The monoisotopic (exact) mass is 361 g/mol. The molecule has 0 atom stereocenters. The van der Waals surface area contributed by atoms with Gasteiger partial charge in [0.25, 0.3) is 0 Å². The number of piperidine rings is 1. The normalized spacial score (nSPS) is 17.2. The summed E-state index contributed by atoms with van der Waals surface area (Å²) in [6.07, 6.45) is 3.82. The van der Waals surface area contributed by atoms with Gasteiger partial charge in [0, 0.05) is 25.2 Å². The molecule has 2 aliphatic rings. The molecule has 1 aromatic rings. The standard InChI is InChI=1S/C20H31N3O3/c1-4-22(13-16-8-9-17-18(12-16)26-15-25-17)19(24)21-14-20(2,3)23-10-6-5-7-11-23/h8-9,12H,4-7,10-11,13-15H2,1-3H3,(H,21,24). The summed E-state index contributed by atoms with van der Waals surface area (Å²) in [6.45, 7) is 10.8. The Morgan fingerprint density at radius 3 is 2.65 bits per heavy atom. The van der Waals surface area contributed by atoms with E-state index < -0.39 is 0 Å². The average molecular weight is 361 g/mol. The quantitative estimate of drug-likeness (QED) is 0.845. The zero-order chi connectivity index (χ0) is 18.6. The van der Waals surface area contributed by atoms with Crippen LogP contribution in [0.15, 0.2) is 18.2 Å². The zero-order valence-electron chi connectivity index (χ0n) is 16.2. The molecule has 2 heterocycles. The van der Waals surface area contributed by atoms with E-state index >= 15 is 0 Å². The van der Waals surface area contributed by atoms with Crippen LogP contribution in [0.5, 0.6) is 11.5 Å². The van der Waals surface area contributed by atoms with Crippen molar-refractivity contribution in [2.45, 2.75) is 52.1 Å². The summed E-state index contributed by atoms with van der Waals surface area (Å²) in [5, 5.41) is 3.13. The second kappa shape index (κ2) is 8.16. The molecule has 0 radical (unpaired) electrons. The number of benzene rings is 1. The molecule has 0 aromatic heterocycles. The number of hydrogen-bond donors (Lipinski definition) is 1. The van der Waals surface area contributed by atoms with Crippen molar-refractivity contribution in [3.8, 4) is 11.5 Å². The van der Waals surface area contributed by atoms with Crippen LogP contribution in [0.25, 0.3) is 0 Å². The number of carbonyl (C=O) groups is 1. The molecule has 26 heavy (non-hydrogen) atoms. The fourth-order valence-electron chi connectivity index (χ4n) is 3.60. The van der Waals surface area contributed by atoms with Crippen molar-refractivity contribution in [1.29, 1.82) is 0 Å². The van der Waals surface area contributed by atoms with E-state index in [0.29, 0.717) is 19.6 Å². The lowest BCUT2D eigenvalue weighted by Gasteiger charge is -2.41. The summed E-state index contributed by atoms with van der Waals surface area (Å²) < 4.78 is 10.8. The highest BCUT2D eigenvalue weighted by atomic mass is 16.7. The summed E-state index contributed by atoms with van der Waals surface area (Å²) in [5.41, 5.74) is 1.02. The summed E-state index contributed by atoms with van der Waals surface area (Å²) in [4.78, 5) is 17.0. The minimum absolute atomic E-state index is 0.0183. The number of amides is 2. The smallest absolute Gasteiger partial charge is 0.317 e. The van der Waals surface area contributed by atoms with Gasteiger partial charge in [0.15, 0.2) is 11.5 Å². The Balaban J connectivity index is 1.55. The molecule has 0 bridgehead atoms. The lowest BCUT2D eigenvalue weighted by atomic mass is 9.98. The second-order valence-electron chi connectivity index (χ2n) is 7.72. The maximum absolute atomic E-state index is 12.7. The highest BCUT2D eigenvalue weighted by Crippen LogP contribution is 2.32. The first-order valence-corrected chi connectivity index (χ1v) is 9.66. The predicted molar refractivity (Wildman–Crippen MR) is 102 cm³/mol. The molecule has 1 fully saturated rings. The van der Waals surface area contributed by atoms with Crippen LogP contribution in [0.1, 0.15) is 45.6 Å². The first kappa shape index (κ1) is 18.8. The summed E-state index contributed by atoms with van der Waals surface area (Å²) in [7, 11) is 0. The van der Waals surface area contributed by atoms with Crippen molar-refractivity contribution < 1.29 is 14.3 Å². The summed E-state index contributed by atoms with van der Waals surface area (Å²) >= 11 is 0. The van der Waals surface area contributed by atoms with E-state index in [9.17, 15) is 4.79 Å². The SMILES string of the molecule is CCN(Cc1ccc2c(c1)OCO2)C(=O)NCC(C)(C)N1CCCCC1. The molecule has 0 aliphatic carbocycles. The van der Waals surface area contributed by atoms with Crippen molar-refractivity contribution in [2.75, 3.05) is 33.0 Å². The Morgan fingerprint density at radius 2 is 1.92 bits per heavy atom. The Morgan fingerprint density at radius 1 is 1.19 bits per heavy atom. The van der Waals surface area contributed by atoms with Crippen LogP contribution in [0.2, 0.25) is 0 Å². The number of likely N-dealkylation sites (tertiary alicyclic amines) is 1. The number of urea groups is 1. The Labute approximate surface area is 156 Å². The van der Waals surface area contributed by atoms with Crippen LogP contribution in [0, 0.1) is 0 Å². The van der Waals surface area contributed by atoms with E-state index in [1.54, 1.807) is 0 Å². The molecule has 6 nitrogen and oxygen atoms in total. The van der Waals surface area contributed by atoms with E-state index in [1.165, 1.54) is 19.3 Å². The number of nitrogens with zero attached hydrogens (tertiary/aromatic N) is 2. The fourth-order valence-corrected chi connectivity index (χ4v) is 3.60. The van der Waals surface area contributed by atoms with Crippen molar-refractivity contribution in [1.82, 2.24) is 15.1 Å². The molecule has 6 heteroatoms. The van der Waals surface area contributed by atoms with Gasteiger partial charge >= 0.3 is 6.03 Å². The molecular weight excluding hydrogens is 330 g/mol. The van der Waals surface area contributed by atoms with E-state index in [4.69, 9.17) is 9.47 Å². The Hall–Kier alpha value is -1.95. The molecular formula is C20H31N3O3. The number of carbonyl (C=O) groups excluding carboxylic acids is 1. The van der Waals surface area contributed by atoms with Gasteiger partial charge in [-0.05, 0) is 64.4 Å². The third-order valence-corrected chi connectivity index (χ3v) is 5.36. The van der Waals surface area contributed by atoms with Gasteiger partial charge in [-0.1, -0.05) is 12.5 Å². The van der Waals surface area contributed by atoms with Gasteiger partial charge in [0.2, 0.25) is 6.79 Å². The highest BCUT2D eigenvalue weighted by Gasteiger charge is 2.28. The first-order valence-electron chi connectivity index (χ1n) is 9.66. The first-order chi connectivity index (χ1) is 12.5. The highest BCUT2D eigenvalue weighted by molar-refractivity contribution is 5.74. The molecule has 1 saturated heterocycles. The van der Waals surface area contributed by atoms with Gasteiger partial charge in [-0.15, -0.1) is 0 Å². The van der Waals surface area contributed by atoms with Gasteiger partial charge < -0.3 is 19.7 Å². The zero-order valence-corrected chi connectivity index (χ0v) is 16.2. The van der Waals surface area contributed by atoms with E-state index in [2.05, 4.69) is 24.1 Å². The fraction of sp³-hybridized carbons (Fsp3) is 0.650. The number of ether oxygens (including phenoxy) is 2. The van der Waals surface area contributed by atoms with E-state index in [-0.39, 0.29) is 18.4 Å². The van der Waals surface area contributed by atoms with Crippen LogP contribution in [0.3, 0.4) is 0 Å². The van der Waals surface area contributed by atoms with Crippen LogP contribution < -0.4 is 14.8 Å². The Kier molecular flexibility index (Phi) is 5.91. The Bertz CT molecular complexity index is 627. The lowest BCUT2D eigenvalue weighted by Crippen LogP contribution is -2.54. The van der Waals surface area contributed by atoms with Gasteiger partial charge in [-0.2, -0.15) is 0 Å².